The fourth-order valence-electron chi connectivity index (χ4n) is 2.20. The summed E-state index contributed by atoms with van der Waals surface area (Å²) in [6, 6.07) is 10.3. The van der Waals surface area contributed by atoms with Gasteiger partial charge in [-0.1, -0.05) is 23.7 Å². The zero-order valence-electron chi connectivity index (χ0n) is 15.1. The zero-order valence-corrected chi connectivity index (χ0v) is 15.9. The third-order valence-corrected chi connectivity index (χ3v) is 3.58. The SMILES string of the molecule is COc1ccccc1OC(=O)C=Cc1cc(Cl)c(OC(C)C)c(OC)c1. The molecule has 0 aromatic heterocycles. The Hall–Kier alpha value is -2.66. The van der Waals surface area contributed by atoms with E-state index in [4.69, 9.17) is 30.5 Å². The highest BCUT2D eigenvalue weighted by molar-refractivity contribution is 6.32. The van der Waals surface area contributed by atoms with Crippen LogP contribution in [0, 0.1) is 0 Å². The number of carbonyl (C=O) groups is 1. The largest absolute Gasteiger partial charge is 0.493 e. The van der Waals surface area contributed by atoms with Crippen LogP contribution in [0.1, 0.15) is 19.4 Å². The number of hydrogen-bond acceptors (Lipinski definition) is 5. The van der Waals surface area contributed by atoms with E-state index >= 15 is 0 Å². The third-order valence-electron chi connectivity index (χ3n) is 3.30. The van der Waals surface area contributed by atoms with Crippen LogP contribution in [0.5, 0.6) is 23.0 Å². The maximum absolute atomic E-state index is 12.1. The summed E-state index contributed by atoms with van der Waals surface area (Å²) in [5.74, 6) is 1.25. The summed E-state index contributed by atoms with van der Waals surface area (Å²) in [7, 11) is 3.04. The molecule has 26 heavy (non-hydrogen) atoms. The number of carbonyl (C=O) groups excluding carboxylic acids is 1. The second-order valence-electron chi connectivity index (χ2n) is 5.61. The molecule has 2 rings (SSSR count). The number of esters is 1. The molecule has 0 aliphatic heterocycles. The molecule has 0 amide bonds. The van der Waals surface area contributed by atoms with Gasteiger partial charge in [0.05, 0.1) is 25.3 Å². The minimum absolute atomic E-state index is 0.0429. The summed E-state index contributed by atoms with van der Waals surface area (Å²) >= 11 is 6.27. The molecule has 0 bridgehead atoms. The van der Waals surface area contributed by atoms with Crippen molar-refractivity contribution in [1.82, 2.24) is 0 Å². The molecular formula is C20H21ClO5. The van der Waals surface area contributed by atoms with Crippen molar-refractivity contribution in [3.05, 3.63) is 53.1 Å². The normalized spacial score (nSPS) is 10.8. The third kappa shape index (κ3) is 5.17. The first kappa shape index (κ1) is 19.7. The van der Waals surface area contributed by atoms with Crippen LogP contribution in [-0.4, -0.2) is 26.3 Å². The van der Waals surface area contributed by atoms with E-state index in [2.05, 4.69) is 0 Å². The van der Waals surface area contributed by atoms with Crippen LogP contribution < -0.4 is 18.9 Å². The average Bonchev–Trinajstić information content (AvgIpc) is 2.62. The number of methoxy groups -OCH3 is 2. The van der Waals surface area contributed by atoms with Gasteiger partial charge in [-0.15, -0.1) is 0 Å². The van der Waals surface area contributed by atoms with Gasteiger partial charge in [0.2, 0.25) is 0 Å². The highest BCUT2D eigenvalue weighted by Gasteiger charge is 2.13. The van der Waals surface area contributed by atoms with Gasteiger partial charge < -0.3 is 18.9 Å². The number of ether oxygens (including phenoxy) is 4. The van der Waals surface area contributed by atoms with E-state index in [-0.39, 0.29) is 6.10 Å². The molecule has 6 heteroatoms. The molecule has 0 saturated heterocycles. The fraction of sp³-hybridized carbons (Fsp3) is 0.250. The smallest absolute Gasteiger partial charge is 0.336 e. The van der Waals surface area contributed by atoms with Gasteiger partial charge in [0.25, 0.3) is 0 Å². The summed E-state index contributed by atoms with van der Waals surface area (Å²) in [4.78, 5) is 12.1. The van der Waals surface area contributed by atoms with Crippen LogP contribution in [0.25, 0.3) is 6.08 Å². The van der Waals surface area contributed by atoms with Gasteiger partial charge in [-0.05, 0) is 49.8 Å². The summed E-state index contributed by atoms with van der Waals surface area (Å²) in [5.41, 5.74) is 0.680. The Morgan fingerprint density at radius 1 is 1.04 bits per heavy atom. The van der Waals surface area contributed by atoms with Crippen molar-refractivity contribution in [2.75, 3.05) is 14.2 Å². The standard InChI is InChI=1S/C20H21ClO5/c1-13(2)25-20-15(21)11-14(12-18(20)24-4)9-10-19(22)26-17-8-6-5-7-16(17)23-3/h5-13H,1-4H3. The maximum Gasteiger partial charge on any atom is 0.336 e. The first-order valence-corrected chi connectivity index (χ1v) is 8.39. The first-order valence-electron chi connectivity index (χ1n) is 8.01. The Bertz CT molecular complexity index is 799. The molecule has 5 nitrogen and oxygen atoms in total. The highest BCUT2D eigenvalue weighted by atomic mass is 35.5. The monoisotopic (exact) mass is 376 g/mol. The van der Waals surface area contributed by atoms with Crippen LogP contribution in [0.2, 0.25) is 5.02 Å². The van der Waals surface area contributed by atoms with E-state index in [0.717, 1.165) is 0 Å². The molecule has 0 heterocycles. The Morgan fingerprint density at radius 2 is 1.69 bits per heavy atom. The Morgan fingerprint density at radius 3 is 2.31 bits per heavy atom. The quantitative estimate of drug-likeness (QED) is 0.396. The van der Waals surface area contributed by atoms with E-state index in [9.17, 15) is 4.79 Å². The molecule has 0 spiro atoms. The van der Waals surface area contributed by atoms with Crippen molar-refractivity contribution in [3.63, 3.8) is 0 Å². The molecular weight excluding hydrogens is 356 g/mol. The van der Waals surface area contributed by atoms with Crippen LogP contribution in [0.15, 0.2) is 42.5 Å². The molecule has 138 valence electrons. The molecule has 0 radical (unpaired) electrons. The van der Waals surface area contributed by atoms with Crippen molar-refractivity contribution in [2.45, 2.75) is 20.0 Å². The molecule has 0 fully saturated rings. The summed E-state index contributed by atoms with van der Waals surface area (Å²) in [6.07, 6.45) is 2.85. The summed E-state index contributed by atoms with van der Waals surface area (Å²) in [5, 5.41) is 0.399. The summed E-state index contributed by atoms with van der Waals surface area (Å²) < 4.78 is 21.4. The fourth-order valence-corrected chi connectivity index (χ4v) is 2.46. The van der Waals surface area contributed by atoms with Crippen molar-refractivity contribution in [2.24, 2.45) is 0 Å². The van der Waals surface area contributed by atoms with Crippen molar-refractivity contribution in [1.29, 1.82) is 0 Å². The van der Waals surface area contributed by atoms with E-state index in [1.807, 2.05) is 13.8 Å². The second-order valence-corrected chi connectivity index (χ2v) is 6.01. The predicted molar refractivity (Wildman–Crippen MR) is 101 cm³/mol. The van der Waals surface area contributed by atoms with Crippen LogP contribution in [-0.2, 0) is 4.79 Å². The maximum atomic E-state index is 12.1. The lowest BCUT2D eigenvalue weighted by Crippen LogP contribution is -2.07. The molecule has 0 N–H and O–H groups in total. The Balaban J connectivity index is 2.16. The average molecular weight is 377 g/mol. The lowest BCUT2D eigenvalue weighted by molar-refractivity contribution is -0.129. The number of rotatable bonds is 7. The number of benzene rings is 2. The highest BCUT2D eigenvalue weighted by Crippen LogP contribution is 2.37. The molecule has 2 aromatic carbocycles. The van der Waals surface area contributed by atoms with Crippen LogP contribution >= 0.6 is 11.6 Å². The topological polar surface area (TPSA) is 54.0 Å². The number of hydrogen-bond donors (Lipinski definition) is 0. The van der Waals surface area contributed by atoms with E-state index in [1.165, 1.54) is 20.3 Å². The molecule has 2 aromatic rings. The van der Waals surface area contributed by atoms with E-state index in [1.54, 1.807) is 42.5 Å². The lowest BCUT2D eigenvalue weighted by atomic mass is 10.2. The van der Waals surface area contributed by atoms with Crippen LogP contribution in [0.3, 0.4) is 0 Å². The first-order chi connectivity index (χ1) is 12.4. The van der Waals surface area contributed by atoms with Crippen LogP contribution in [0.4, 0.5) is 0 Å². The van der Waals surface area contributed by atoms with Crippen molar-refractivity contribution < 1.29 is 23.7 Å². The van der Waals surface area contributed by atoms with Crippen molar-refractivity contribution >= 4 is 23.6 Å². The van der Waals surface area contributed by atoms with Crippen molar-refractivity contribution in [3.8, 4) is 23.0 Å². The minimum atomic E-state index is -0.535. The minimum Gasteiger partial charge on any atom is -0.493 e. The van der Waals surface area contributed by atoms with E-state index in [0.29, 0.717) is 33.6 Å². The van der Waals surface area contributed by atoms with Gasteiger partial charge in [-0.3, -0.25) is 0 Å². The number of halogens is 1. The molecule has 0 saturated carbocycles. The van der Waals surface area contributed by atoms with Gasteiger partial charge in [-0.25, -0.2) is 4.79 Å². The number of para-hydroxylation sites is 2. The Labute approximate surface area is 158 Å². The van der Waals surface area contributed by atoms with Gasteiger partial charge >= 0.3 is 5.97 Å². The predicted octanol–water partition coefficient (Wildman–Crippen LogP) is 4.76. The van der Waals surface area contributed by atoms with Gasteiger partial charge in [-0.2, -0.15) is 0 Å². The molecule has 0 aliphatic carbocycles. The molecule has 0 atom stereocenters. The summed E-state index contributed by atoms with van der Waals surface area (Å²) in [6.45, 7) is 3.80. The van der Waals surface area contributed by atoms with E-state index < -0.39 is 5.97 Å². The van der Waals surface area contributed by atoms with Gasteiger partial charge in [0.1, 0.15) is 0 Å². The second kappa shape index (κ2) is 9.15. The van der Waals surface area contributed by atoms with Gasteiger partial charge in [0, 0.05) is 6.08 Å². The lowest BCUT2D eigenvalue weighted by Gasteiger charge is -2.15. The zero-order chi connectivity index (χ0) is 19.1. The molecule has 0 unspecified atom stereocenters. The molecule has 0 aliphatic rings. The van der Waals surface area contributed by atoms with Gasteiger partial charge in [0.15, 0.2) is 23.0 Å². The Kier molecular flexibility index (Phi) is 6.92.